The van der Waals surface area contributed by atoms with Crippen molar-refractivity contribution in [3.8, 4) is 11.8 Å². The van der Waals surface area contributed by atoms with Crippen molar-refractivity contribution in [3.05, 3.63) is 64.5 Å². The Balaban J connectivity index is 2.35. The molecule has 0 aliphatic carbocycles. The molecule has 2 rings (SSSR count). The molecule has 106 valence electrons. The number of aryl methyl sites for hydroxylation is 2. The van der Waals surface area contributed by atoms with Gasteiger partial charge in [-0.15, -0.1) is 0 Å². The molecular formula is C18H17NO2. The molecule has 0 atom stereocenters. The van der Waals surface area contributed by atoms with E-state index >= 15 is 0 Å². The fourth-order valence-electron chi connectivity index (χ4n) is 1.98. The Morgan fingerprint density at radius 1 is 1.29 bits per heavy atom. The van der Waals surface area contributed by atoms with Gasteiger partial charge in [0.25, 0.3) is 0 Å². The van der Waals surface area contributed by atoms with Crippen molar-refractivity contribution in [1.29, 1.82) is 0 Å². The zero-order valence-corrected chi connectivity index (χ0v) is 12.4. The van der Waals surface area contributed by atoms with E-state index in [4.69, 9.17) is 4.74 Å². The number of carbonyl (C=O) groups is 1. The van der Waals surface area contributed by atoms with Crippen LogP contribution < -0.4 is 0 Å². The van der Waals surface area contributed by atoms with Gasteiger partial charge < -0.3 is 4.74 Å². The summed E-state index contributed by atoms with van der Waals surface area (Å²) in [7, 11) is 1.36. The van der Waals surface area contributed by atoms with E-state index in [1.54, 1.807) is 6.20 Å². The first-order valence-corrected chi connectivity index (χ1v) is 6.80. The third kappa shape index (κ3) is 3.49. The highest BCUT2D eigenvalue weighted by Gasteiger charge is 2.12. The number of carbonyl (C=O) groups excluding carboxylic acids is 1. The fraction of sp³-hybridized carbons (Fsp3) is 0.222. The zero-order valence-electron chi connectivity index (χ0n) is 12.4. The van der Waals surface area contributed by atoms with Gasteiger partial charge >= 0.3 is 5.97 Å². The molecule has 0 aliphatic rings. The third-order valence-electron chi connectivity index (χ3n) is 3.21. The second-order valence-electron chi connectivity index (χ2n) is 4.64. The zero-order chi connectivity index (χ0) is 15.2. The lowest BCUT2D eigenvalue weighted by molar-refractivity contribution is 0.0592. The van der Waals surface area contributed by atoms with Gasteiger partial charge in [0, 0.05) is 17.3 Å². The van der Waals surface area contributed by atoms with Gasteiger partial charge in [-0.2, -0.15) is 0 Å². The number of ether oxygens (including phenoxy) is 1. The Labute approximate surface area is 125 Å². The summed E-state index contributed by atoms with van der Waals surface area (Å²) in [6.45, 7) is 4.00. The van der Waals surface area contributed by atoms with Crippen LogP contribution in [0.3, 0.4) is 0 Å². The minimum absolute atomic E-state index is 0.362. The van der Waals surface area contributed by atoms with Gasteiger partial charge in [-0.1, -0.05) is 37.0 Å². The average molecular weight is 279 g/mol. The van der Waals surface area contributed by atoms with E-state index in [1.807, 2.05) is 44.2 Å². The van der Waals surface area contributed by atoms with Gasteiger partial charge in [0.2, 0.25) is 0 Å². The van der Waals surface area contributed by atoms with Crippen LogP contribution >= 0.6 is 0 Å². The lowest BCUT2D eigenvalue weighted by Crippen LogP contribution is -2.08. The van der Waals surface area contributed by atoms with Crippen molar-refractivity contribution < 1.29 is 9.53 Å². The predicted octanol–water partition coefficient (Wildman–Crippen LogP) is 3.14. The Kier molecular flexibility index (Phi) is 4.73. The minimum Gasteiger partial charge on any atom is -0.464 e. The molecule has 1 heterocycles. The van der Waals surface area contributed by atoms with E-state index in [0.717, 1.165) is 22.3 Å². The summed E-state index contributed by atoms with van der Waals surface area (Å²) in [4.78, 5) is 15.8. The number of hydrogen-bond donors (Lipinski definition) is 0. The Bertz CT molecular complexity index is 723. The molecule has 2 aromatic rings. The summed E-state index contributed by atoms with van der Waals surface area (Å²) in [5.41, 5.74) is 4.13. The molecule has 0 amide bonds. The van der Waals surface area contributed by atoms with Crippen molar-refractivity contribution in [2.45, 2.75) is 20.3 Å². The number of benzene rings is 1. The maximum Gasteiger partial charge on any atom is 0.356 e. The summed E-state index contributed by atoms with van der Waals surface area (Å²) < 4.78 is 4.73. The van der Waals surface area contributed by atoms with Crippen LogP contribution in [0.5, 0.6) is 0 Å². The average Bonchev–Trinajstić information content (AvgIpc) is 2.53. The summed E-state index contributed by atoms with van der Waals surface area (Å²) >= 11 is 0. The predicted molar refractivity (Wildman–Crippen MR) is 82.1 cm³/mol. The molecule has 0 aliphatic heterocycles. The van der Waals surface area contributed by atoms with Crippen molar-refractivity contribution >= 4 is 5.97 Å². The van der Waals surface area contributed by atoms with Crippen LogP contribution in [0.15, 0.2) is 36.5 Å². The van der Waals surface area contributed by atoms with Crippen LogP contribution in [0.25, 0.3) is 0 Å². The van der Waals surface area contributed by atoms with Crippen molar-refractivity contribution in [2.75, 3.05) is 7.11 Å². The lowest BCUT2D eigenvalue weighted by Gasteiger charge is -2.05. The van der Waals surface area contributed by atoms with Crippen molar-refractivity contribution in [2.24, 2.45) is 0 Å². The molecule has 3 nitrogen and oxygen atoms in total. The molecule has 0 N–H and O–H groups in total. The molecule has 1 aromatic heterocycles. The maximum absolute atomic E-state index is 11.6. The van der Waals surface area contributed by atoms with E-state index < -0.39 is 5.97 Å². The van der Waals surface area contributed by atoms with Crippen LogP contribution in [0.4, 0.5) is 0 Å². The number of methoxy groups -OCH3 is 1. The van der Waals surface area contributed by atoms with Gasteiger partial charge in [0.05, 0.1) is 7.11 Å². The van der Waals surface area contributed by atoms with E-state index in [9.17, 15) is 4.79 Å². The number of rotatable bonds is 2. The van der Waals surface area contributed by atoms with Gasteiger partial charge in [-0.25, -0.2) is 9.78 Å². The molecule has 0 unspecified atom stereocenters. The highest BCUT2D eigenvalue weighted by Crippen LogP contribution is 2.11. The lowest BCUT2D eigenvalue weighted by atomic mass is 10.1. The summed E-state index contributed by atoms with van der Waals surface area (Å²) in [6, 6.07) is 9.86. The van der Waals surface area contributed by atoms with Gasteiger partial charge in [-0.05, 0) is 36.6 Å². The first-order valence-electron chi connectivity index (χ1n) is 6.80. The van der Waals surface area contributed by atoms with Crippen LogP contribution in [0.1, 0.15) is 39.7 Å². The van der Waals surface area contributed by atoms with Crippen LogP contribution in [-0.2, 0) is 11.2 Å². The Morgan fingerprint density at radius 3 is 2.71 bits per heavy atom. The Morgan fingerprint density at radius 2 is 2.05 bits per heavy atom. The van der Waals surface area contributed by atoms with E-state index in [0.29, 0.717) is 12.1 Å². The number of esters is 1. The normalized spacial score (nSPS) is 9.67. The smallest absolute Gasteiger partial charge is 0.356 e. The fourth-order valence-corrected chi connectivity index (χ4v) is 1.98. The van der Waals surface area contributed by atoms with Crippen LogP contribution in [0.2, 0.25) is 0 Å². The van der Waals surface area contributed by atoms with Crippen LogP contribution in [-0.4, -0.2) is 18.1 Å². The topological polar surface area (TPSA) is 39.2 Å². The summed E-state index contributed by atoms with van der Waals surface area (Å²) in [5.74, 6) is 5.82. The first-order chi connectivity index (χ1) is 10.2. The second kappa shape index (κ2) is 6.71. The third-order valence-corrected chi connectivity index (χ3v) is 3.21. The molecule has 0 spiro atoms. The highest BCUT2D eigenvalue weighted by molar-refractivity contribution is 5.88. The second-order valence-corrected chi connectivity index (χ2v) is 4.64. The summed E-state index contributed by atoms with van der Waals surface area (Å²) in [6.07, 6.45) is 2.31. The monoisotopic (exact) mass is 279 g/mol. The van der Waals surface area contributed by atoms with E-state index in [2.05, 4.69) is 16.8 Å². The molecule has 1 aromatic carbocycles. The van der Waals surface area contributed by atoms with E-state index in [1.165, 1.54) is 7.11 Å². The minimum atomic E-state index is -0.412. The number of hydrogen-bond acceptors (Lipinski definition) is 3. The highest BCUT2D eigenvalue weighted by atomic mass is 16.5. The van der Waals surface area contributed by atoms with Crippen LogP contribution in [0, 0.1) is 18.8 Å². The summed E-state index contributed by atoms with van der Waals surface area (Å²) in [5, 5.41) is 0. The van der Waals surface area contributed by atoms with E-state index in [-0.39, 0.29) is 0 Å². The number of nitrogens with zero attached hydrogens (tertiary/aromatic N) is 1. The molecule has 3 heteroatoms. The molecule has 21 heavy (non-hydrogen) atoms. The number of pyridine rings is 1. The van der Waals surface area contributed by atoms with Gasteiger partial charge in [0.1, 0.15) is 0 Å². The molecule has 0 saturated carbocycles. The number of aromatic nitrogens is 1. The molecule has 0 fully saturated rings. The largest absolute Gasteiger partial charge is 0.464 e. The van der Waals surface area contributed by atoms with Crippen molar-refractivity contribution in [1.82, 2.24) is 4.98 Å². The maximum atomic E-state index is 11.6. The quantitative estimate of drug-likeness (QED) is 0.626. The molecule has 0 bridgehead atoms. The SMILES string of the molecule is CCc1cc(C#Cc2ccccc2C)cnc1C(=O)OC. The van der Waals surface area contributed by atoms with Gasteiger partial charge in [0.15, 0.2) is 5.69 Å². The van der Waals surface area contributed by atoms with Crippen molar-refractivity contribution in [3.63, 3.8) is 0 Å². The first kappa shape index (κ1) is 14.8. The van der Waals surface area contributed by atoms with Gasteiger partial charge in [-0.3, -0.25) is 0 Å². The molecular weight excluding hydrogens is 262 g/mol. The Hall–Kier alpha value is -2.60. The molecule has 0 saturated heterocycles. The molecule has 0 radical (unpaired) electrons. The standard InChI is InChI=1S/C18H17NO2/c1-4-15-11-14(12-19-17(15)18(20)21-3)9-10-16-8-6-5-7-13(16)2/h5-8,11-12H,4H2,1-3H3.